The van der Waals surface area contributed by atoms with Gasteiger partial charge in [-0.3, -0.25) is 4.90 Å². The first kappa shape index (κ1) is 12.9. The van der Waals surface area contributed by atoms with Crippen LogP contribution in [0.2, 0.25) is 5.02 Å². The zero-order valence-electron chi connectivity index (χ0n) is 10.6. The van der Waals surface area contributed by atoms with Crippen LogP contribution in [-0.2, 0) is 0 Å². The van der Waals surface area contributed by atoms with Gasteiger partial charge in [0.05, 0.1) is 0 Å². The van der Waals surface area contributed by atoms with E-state index in [4.69, 9.17) is 17.3 Å². The van der Waals surface area contributed by atoms with Gasteiger partial charge < -0.3 is 5.73 Å². The smallest absolute Gasteiger partial charge is 0.0409 e. The molecule has 2 atom stereocenters. The van der Waals surface area contributed by atoms with Crippen molar-refractivity contribution in [2.75, 3.05) is 13.6 Å². The van der Waals surface area contributed by atoms with Crippen LogP contribution in [0.1, 0.15) is 31.4 Å². The van der Waals surface area contributed by atoms with E-state index in [1.165, 1.54) is 18.4 Å². The predicted molar refractivity (Wildman–Crippen MR) is 73.2 cm³/mol. The first-order chi connectivity index (χ1) is 8.13. The maximum atomic E-state index is 6.04. The number of hydrogen-bond acceptors (Lipinski definition) is 2. The van der Waals surface area contributed by atoms with Crippen LogP contribution in [0.15, 0.2) is 24.3 Å². The van der Waals surface area contributed by atoms with Crippen molar-refractivity contribution in [2.45, 2.75) is 31.8 Å². The molecule has 3 heteroatoms. The summed E-state index contributed by atoms with van der Waals surface area (Å²) in [7, 11) is 2.17. The molecule has 2 rings (SSSR count). The zero-order chi connectivity index (χ0) is 12.4. The summed E-state index contributed by atoms with van der Waals surface area (Å²) in [5.74, 6) is 0.798. The summed E-state index contributed by atoms with van der Waals surface area (Å²) < 4.78 is 0. The van der Waals surface area contributed by atoms with Crippen molar-refractivity contribution in [3.63, 3.8) is 0 Å². The second kappa shape index (κ2) is 5.38. The van der Waals surface area contributed by atoms with Crippen molar-refractivity contribution < 1.29 is 0 Å². The number of hydrogen-bond donors (Lipinski definition) is 1. The van der Waals surface area contributed by atoms with E-state index in [0.717, 1.165) is 17.5 Å². The number of nitrogens with two attached hydrogens (primary N) is 1. The Morgan fingerprint density at radius 1 is 1.47 bits per heavy atom. The number of benzene rings is 1. The van der Waals surface area contributed by atoms with Crippen LogP contribution in [0.3, 0.4) is 0 Å². The summed E-state index contributed by atoms with van der Waals surface area (Å²) in [6.07, 6.45) is 2.66. The second-order valence-corrected chi connectivity index (χ2v) is 5.47. The number of rotatable bonds is 5. The topological polar surface area (TPSA) is 29.3 Å². The number of halogens is 1. The van der Waals surface area contributed by atoms with E-state index >= 15 is 0 Å². The van der Waals surface area contributed by atoms with Crippen molar-refractivity contribution in [1.29, 1.82) is 0 Å². The van der Waals surface area contributed by atoms with Crippen molar-refractivity contribution in [3.8, 4) is 0 Å². The van der Waals surface area contributed by atoms with Crippen LogP contribution in [-0.4, -0.2) is 24.5 Å². The normalized spacial score (nSPS) is 19.4. The first-order valence-electron chi connectivity index (χ1n) is 6.31. The lowest BCUT2D eigenvalue weighted by atomic mass is 10.0. The average Bonchev–Trinajstić information content (AvgIpc) is 3.13. The molecule has 1 fully saturated rings. The summed E-state index contributed by atoms with van der Waals surface area (Å²) in [5, 5.41) is 0.804. The van der Waals surface area contributed by atoms with Crippen LogP contribution in [0.4, 0.5) is 0 Å². The van der Waals surface area contributed by atoms with Gasteiger partial charge in [-0.1, -0.05) is 23.7 Å². The molecule has 0 amide bonds. The molecule has 1 aromatic carbocycles. The molecule has 17 heavy (non-hydrogen) atoms. The lowest BCUT2D eigenvalue weighted by Gasteiger charge is -2.33. The Morgan fingerprint density at radius 3 is 2.71 bits per heavy atom. The molecule has 94 valence electrons. The fourth-order valence-electron chi connectivity index (χ4n) is 2.46. The van der Waals surface area contributed by atoms with Gasteiger partial charge in [0.1, 0.15) is 0 Å². The molecule has 0 spiro atoms. The van der Waals surface area contributed by atoms with E-state index in [1.807, 2.05) is 18.2 Å². The zero-order valence-corrected chi connectivity index (χ0v) is 11.3. The van der Waals surface area contributed by atoms with Gasteiger partial charge in [-0.25, -0.2) is 0 Å². The van der Waals surface area contributed by atoms with E-state index in [0.29, 0.717) is 12.1 Å². The van der Waals surface area contributed by atoms with Crippen LogP contribution in [0.5, 0.6) is 0 Å². The maximum Gasteiger partial charge on any atom is 0.0409 e. The highest BCUT2D eigenvalue weighted by Gasteiger charge is 2.34. The lowest BCUT2D eigenvalue weighted by molar-refractivity contribution is 0.170. The van der Waals surface area contributed by atoms with Gasteiger partial charge in [-0.15, -0.1) is 0 Å². The highest BCUT2D eigenvalue weighted by atomic mass is 35.5. The van der Waals surface area contributed by atoms with E-state index in [1.54, 1.807) is 0 Å². The standard InChI is InChI=1S/C14H21ClN2/c1-10(12-4-3-5-13(15)8-12)17(2)14(9-16)11-6-7-11/h3-5,8,10-11,14H,6-7,9,16H2,1-2H3. The molecule has 0 heterocycles. The molecule has 0 aromatic heterocycles. The summed E-state index contributed by atoms with van der Waals surface area (Å²) in [6, 6.07) is 8.97. The SMILES string of the molecule is CC(c1cccc(Cl)c1)N(C)C(CN)C1CC1. The minimum atomic E-state index is 0.364. The Hall–Kier alpha value is -0.570. The summed E-state index contributed by atoms with van der Waals surface area (Å²) >= 11 is 6.04. The third-order valence-corrected chi connectivity index (χ3v) is 4.11. The highest BCUT2D eigenvalue weighted by molar-refractivity contribution is 6.30. The lowest BCUT2D eigenvalue weighted by Crippen LogP contribution is -2.41. The van der Waals surface area contributed by atoms with Gasteiger partial charge in [0.15, 0.2) is 0 Å². The first-order valence-corrected chi connectivity index (χ1v) is 6.68. The fourth-order valence-corrected chi connectivity index (χ4v) is 2.66. The minimum Gasteiger partial charge on any atom is -0.329 e. The molecule has 2 unspecified atom stereocenters. The molecule has 0 aliphatic heterocycles. The molecule has 1 saturated carbocycles. The van der Waals surface area contributed by atoms with Crippen molar-refractivity contribution in [2.24, 2.45) is 11.7 Å². The van der Waals surface area contributed by atoms with E-state index in [-0.39, 0.29) is 0 Å². The molecule has 0 saturated heterocycles. The number of likely N-dealkylation sites (N-methyl/N-ethyl adjacent to an activating group) is 1. The Bertz CT molecular complexity index is 376. The van der Waals surface area contributed by atoms with Crippen molar-refractivity contribution in [3.05, 3.63) is 34.9 Å². The van der Waals surface area contributed by atoms with Crippen molar-refractivity contribution in [1.82, 2.24) is 4.90 Å². The van der Waals surface area contributed by atoms with Crippen LogP contribution >= 0.6 is 11.6 Å². The fraction of sp³-hybridized carbons (Fsp3) is 0.571. The Labute approximate surface area is 109 Å². The quantitative estimate of drug-likeness (QED) is 0.873. The Kier molecular flexibility index (Phi) is 4.08. The van der Waals surface area contributed by atoms with Gasteiger partial charge in [0.2, 0.25) is 0 Å². The number of nitrogens with zero attached hydrogens (tertiary/aromatic N) is 1. The van der Waals surface area contributed by atoms with Gasteiger partial charge in [-0.05, 0) is 50.4 Å². The van der Waals surface area contributed by atoms with E-state index in [2.05, 4.69) is 24.9 Å². The molecule has 0 bridgehead atoms. The molecule has 1 aliphatic carbocycles. The molecular weight excluding hydrogens is 232 g/mol. The van der Waals surface area contributed by atoms with Crippen LogP contribution < -0.4 is 5.73 Å². The molecular formula is C14H21ClN2. The molecule has 1 aromatic rings. The molecule has 2 nitrogen and oxygen atoms in total. The molecule has 2 N–H and O–H groups in total. The van der Waals surface area contributed by atoms with Crippen molar-refractivity contribution >= 4 is 11.6 Å². The minimum absolute atomic E-state index is 0.364. The summed E-state index contributed by atoms with van der Waals surface area (Å²) in [6.45, 7) is 2.96. The highest BCUT2D eigenvalue weighted by Crippen LogP contribution is 2.37. The van der Waals surface area contributed by atoms with Gasteiger partial charge >= 0.3 is 0 Å². The van der Waals surface area contributed by atoms with Gasteiger partial charge in [0.25, 0.3) is 0 Å². The Morgan fingerprint density at radius 2 is 2.18 bits per heavy atom. The largest absolute Gasteiger partial charge is 0.329 e. The van der Waals surface area contributed by atoms with E-state index < -0.39 is 0 Å². The average molecular weight is 253 g/mol. The molecule has 1 aliphatic rings. The van der Waals surface area contributed by atoms with Crippen LogP contribution in [0.25, 0.3) is 0 Å². The van der Waals surface area contributed by atoms with Gasteiger partial charge in [-0.2, -0.15) is 0 Å². The van der Waals surface area contributed by atoms with E-state index in [9.17, 15) is 0 Å². The summed E-state index contributed by atoms with van der Waals surface area (Å²) in [5.41, 5.74) is 7.16. The second-order valence-electron chi connectivity index (χ2n) is 5.04. The predicted octanol–water partition coefficient (Wildman–Crippen LogP) is 3.07. The third kappa shape index (κ3) is 3.01. The monoisotopic (exact) mass is 252 g/mol. The van der Waals surface area contributed by atoms with Crippen LogP contribution in [0, 0.1) is 5.92 Å². The maximum absolute atomic E-state index is 6.04. The molecule has 0 radical (unpaired) electrons. The third-order valence-electron chi connectivity index (χ3n) is 3.87. The Balaban J connectivity index is 2.10. The summed E-state index contributed by atoms with van der Waals surface area (Å²) in [4.78, 5) is 2.39. The van der Waals surface area contributed by atoms with Gasteiger partial charge in [0, 0.05) is 23.7 Å².